The van der Waals surface area contributed by atoms with Gasteiger partial charge in [-0.1, -0.05) is 12.1 Å². The molecule has 2 nitrogen and oxygen atoms in total. The van der Waals surface area contributed by atoms with Gasteiger partial charge in [0.05, 0.1) is 0 Å². The predicted octanol–water partition coefficient (Wildman–Crippen LogP) is 2.65. The summed E-state index contributed by atoms with van der Waals surface area (Å²) in [5.74, 6) is 0.939. The maximum absolute atomic E-state index is 13.0. The Bertz CT molecular complexity index is 391. The maximum Gasteiger partial charge on any atom is 0.123 e. The fraction of sp³-hybridized carbons (Fsp3) is 0.571. The number of thioether (sulfide) groups is 1. The molecule has 1 saturated heterocycles. The van der Waals surface area contributed by atoms with Gasteiger partial charge in [0, 0.05) is 36.2 Å². The first-order valence-corrected chi connectivity index (χ1v) is 7.34. The van der Waals surface area contributed by atoms with Crippen molar-refractivity contribution < 1.29 is 4.39 Å². The second kappa shape index (κ2) is 5.59. The summed E-state index contributed by atoms with van der Waals surface area (Å²) in [5, 5.41) is 0. The molecule has 0 spiro atoms. The molecule has 0 aromatic heterocycles. The minimum Gasteiger partial charge on any atom is -0.329 e. The fourth-order valence-electron chi connectivity index (χ4n) is 2.50. The van der Waals surface area contributed by atoms with Crippen LogP contribution in [0.5, 0.6) is 0 Å². The maximum atomic E-state index is 13.0. The molecular formula is C14H21FN2S. The Morgan fingerprint density at radius 3 is 2.61 bits per heavy atom. The number of nitrogens with two attached hydrogens (primary N) is 1. The van der Waals surface area contributed by atoms with E-state index in [0.717, 1.165) is 24.4 Å². The third kappa shape index (κ3) is 3.25. The zero-order valence-electron chi connectivity index (χ0n) is 11.0. The highest BCUT2D eigenvalue weighted by Crippen LogP contribution is 2.33. The van der Waals surface area contributed by atoms with E-state index < -0.39 is 0 Å². The van der Waals surface area contributed by atoms with Crippen molar-refractivity contribution in [2.75, 3.05) is 25.4 Å². The molecule has 0 aliphatic carbocycles. The van der Waals surface area contributed by atoms with E-state index in [1.165, 1.54) is 12.1 Å². The van der Waals surface area contributed by atoms with E-state index in [9.17, 15) is 4.39 Å². The predicted molar refractivity (Wildman–Crippen MR) is 76.3 cm³/mol. The molecule has 100 valence electrons. The molecule has 1 fully saturated rings. The van der Waals surface area contributed by atoms with Crippen molar-refractivity contribution in [2.45, 2.75) is 24.6 Å². The molecule has 0 saturated carbocycles. The van der Waals surface area contributed by atoms with E-state index in [1.54, 1.807) is 0 Å². The van der Waals surface area contributed by atoms with Crippen molar-refractivity contribution in [3.8, 4) is 0 Å². The Morgan fingerprint density at radius 1 is 1.39 bits per heavy atom. The van der Waals surface area contributed by atoms with Gasteiger partial charge in [-0.2, -0.15) is 11.8 Å². The van der Waals surface area contributed by atoms with Gasteiger partial charge < -0.3 is 5.73 Å². The van der Waals surface area contributed by atoms with Crippen LogP contribution in [0.2, 0.25) is 0 Å². The molecule has 0 bridgehead atoms. The third-order valence-corrected chi connectivity index (χ3v) is 4.67. The molecule has 1 atom stereocenters. The van der Waals surface area contributed by atoms with E-state index in [4.69, 9.17) is 5.73 Å². The first-order chi connectivity index (χ1) is 8.52. The van der Waals surface area contributed by atoms with E-state index in [-0.39, 0.29) is 16.6 Å². The summed E-state index contributed by atoms with van der Waals surface area (Å²) in [7, 11) is 0. The summed E-state index contributed by atoms with van der Waals surface area (Å²) >= 11 is 2.01. The summed E-state index contributed by atoms with van der Waals surface area (Å²) in [6.45, 7) is 7.18. The van der Waals surface area contributed by atoms with E-state index in [2.05, 4.69) is 18.7 Å². The van der Waals surface area contributed by atoms with Gasteiger partial charge in [0.2, 0.25) is 0 Å². The van der Waals surface area contributed by atoms with Crippen molar-refractivity contribution in [1.29, 1.82) is 0 Å². The van der Waals surface area contributed by atoms with Crippen LogP contribution in [0.4, 0.5) is 4.39 Å². The monoisotopic (exact) mass is 268 g/mol. The lowest BCUT2D eigenvalue weighted by atomic mass is 10.0. The van der Waals surface area contributed by atoms with Crippen LogP contribution in [-0.2, 0) is 0 Å². The molecule has 1 aromatic rings. The zero-order chi connectivity index (χ0) is 13.2. The van der Waals surface area contributed by atoms with Crippen LogP contribution in [0.25, 0.3) is 0 Å². The standard InChI is InChI=1S/C14H21FN2S/c1-14(2)10-17(7-8-18-14)13(9-16)11-3-5-12(15)6-4-11/h3-6,13H,7-10,16H2,1-2H3. The Labute approximate surface area is 113 Å². The molecule has 1 aliphatic rings. The third-order valence-electron chi connectivity index (χ3n) is 3.37. The molecule has 0 amide bonds. The second-order valence-corrected chi connectivity index (χ2v) is 7.18. The van der Waals surface area contributed by atoms with Gasteiger partial charge in [0.25, 0.3) is 0 Å². The highest BCUT2D eigenvalue weighted by atomic mass is 32.2. The van der Waals surface area contributed by atoms with Gasteiger partial charge in [-0.25, -0.2) is 4.39 Å². The van der Waals surface area contributed by atoms with Crippen LogP contribution in [0, 0.1) is 5.82 Å². The van der Waals surface area contributed by atoms with Gasteiger partial charge in [0.15, 0.2) is 0 Å². The van der Waals surface area contributed by atoms with Crippen molar-refractivity contribution in [3.05, 3.63) is 35.6 Å². The minimum absolute atomic E-state index is 0.191. The number of rotatable bonds is 3. The molecule has 1 aromatic carbocycles. The topological polar surface area (TPSA) is 29.3 Å². The quantitative estimate of drug-likeness (QED) is 0.914. The van der Waals surface area contributed by atoms with Gasteiger partial charge in [0.1, 0.15) is 5.82 Å². The van der Waals surface area contributed by atoms with Crippen molar-refractivity contribution >= 4 is 11.8 Å². The highest BCUT2D eigenvalue weighted by molar-refractivity contribution is 8.00. The zero-order valence-corrected chi connectivity index (χ0v) is 11.8. The summed E-state index contributed by atoms with van der Waals surface area (Å²) in [6, 6.07) is 6.93. The normalized spacial score (nSPS) is 21.8. The van der Waals surface area contributed by atoms with Crippen LogP contribution in [0.15, 0.2) is 24.3 Å². The molecular weight excluding hydrogens is 247 g/mol. The Kier molecular flexibility index (Phi) is 4.30. The fourth-order valence-corrected chi connectivity index (χ4v) is 3.64. The van der Waals surface area contributed by atoms with Crippen LogP contribution < -0.4 is 5.73 Å². The lowest BCUT2D eigenvalue weighted by molar-refractivity contribution is 0.192. The van der Waals surface area contributed by atoms with Crippen LogP contribution in [-0.4, -0.2) is 35.0 Å². The van der Waals surface area contributed by atoms with Crippen molar-refractivity contribution in [2.24, 2.45) is 5.73 Å². The van der Waals surface area contributed by atoms with Gasteiger partial charge in [-0.15, -0.1) is 0 Å². The molecule has 18 heavy (non-hydrogen) atoms. The lowest BCUT2D eigenvalue weighted by Crippen LogP contribution is -2.46. The number of benzene rings is 1. The largest absolute Gasteiger partial charge is 0.329 e. The average Bonchev–Trinajstić information content (AvgIpc) is 2.31. The highest BCUT2D eigenvalue weighted by Gasteiger charge is 2.31. The molecule has 4 heteroatoms. The van der Waals surface area contributed by atoms with E-state index in [1.807, 2.05) is 23.9 Å². The van der Waals surface area contributed by atoms with Crippen molar-refractivity contribution in [3.63, 3.8) is 0 Å². The molecule has 1 heterocycles. The molecule has 0 radical (unpaired) electrons. The summed E-state index contributed by atoms with van der Waals surface area (Å²) < 4.78 is 13.2. The van der Waals surface area contributed by atoms with Crippen molar-refractivity contribution in [1.82, 2.24) is 4.90 Å². The summed E-state index contributed by atoms with van der Waals surface area (Å²) in [6.07, 6.45) is 0. The number of hydrogen-bond acceptors (Lipinski definition) is 3. The van der Waals surface area contributed by atoms with E-state index >= 15 is 0 Å². The number of hydrogen-bond donors (Lipinski definition) is 1. The molecule has 2 N–H and O–H groups in total. The van der Waals surface area contributed by atoms with Gasteiger partial charge in [-0.05, 0) is 31.5 Å². The van der Waals surface area contributed by atoms with Crippen LogP contribution >= 0.6 is 11.8 Å². The second-order valence-electron chi connectivity index (χ2n) is 5.38. The summed E-state index contributed by atoms with van der Waals surface area (Å²) in [4.78, 5) is 2.42. The molecule has 1 aliphatic heterocycles. The number of nitrogens with zero attached hydrogens (tertiary/aromatic N) is 1. The van der Waals surface area contributed by atoms with Gasteiger partial charge >= 0.3 is 0 Å². The first kappa shape index (κ1) is 13.8. The van der Waals surface area contributed by atoms with E-state index in [0.29, 0.717) is 6.54 Å². The average molecular weight is 268 g/mol. The lowest BCUT2D eigenvalue weighted by Gasteiger charge is -2.41. The smallest absolute Gasteiger partial charge is 0.123 e. The van der Waals surface area contributed by atoms with Gasteiger partial charge in [-0.3, -0.25) is 4.90 Å². The Balaban J connectivity index is 2.15. The Hall–Kier alpha value is -0.580. The summed E-state index contributed by atoms with van der Waals surface area (Å²) in [5.41, 5.74) is 7.03. The Morgan fingerprint density at radius 2 is 2.06 bits per heavy atom. The number of halogens is 1. The van der Waals surface area contributed by atoms with Crippen LogP contribution in [0.1, 0.15) is 25.5 Å². The SMILES string of the molecule is CC1(C)CN(C(CN)c2ccc(F)cc2)CCS1. The minimum atomic E-state index is -0.191. The molecule has 2 rings (SSSR count). The first-order valence-electron chi connectivity index (χ1n) is 6.35. The van der Waals surface area contributed by atoms with Crippen LogP contribution in [0.3, 0.4) is 0 Å². The molecule has 1 unspecified atom stereocenters.